The van der Waals surface area contributed by atoms with Crippen LogP contribution in [0.25, 0.3) is 17.0 Å². The normalized spacial score (nSPS) is 11.2. The second-order valence-corrected chi connectivity index (χ2v) is 7.92. The molecule has 0 unspecified atom stereocenters. The first-order valence-electron chi connectivity index (χ1n) is 7.64. The van der Waals surface area contributed by atoms with Crippen LogP contribution in [0.2, 0.25) is 5.02 Å². The predicted molar refractivity (Wildman–Crippen MR) is 108 cm³/mol. The Balaban J connectivity index is 1.72. The molecule has 0 saturated heterocycles. The van der Waals surface area contributed by atoms with Gasteiger partial charge >= 0.3 is 0 Å². The van der Waals surface area contributed by atoms with Crippen molar-refractivity contribution in [2.45, 2.75) is 13.8 Å². The van der Waals surface area contributed by atoms with Crippen LogP contribution in [0.3, 0.4) is 0 Å². The van der Waals surface area contributed by atoms with Gasteiger partial charge in [-0.25, -0.2) is 9.97 Å². The van der Waals surface area contributed by atoms with E-state index in [1.54, 1.807) is 11.3 Å². The van der Waals surface area contributed by atoms with Gasteiger partial charge in [0, 0.05) is 16.0 Å². The van der Waals surface area contributed by atoms with Crippen LogP contribution in [0.15, 0.2) is 46.4 Å². The molecular weight excluding hydrogens is 420 g/mol. The summed E-state index contributed by atoms with van der Waals surface area (Å²) in [5.74, 6) is 0. The van der Waals surface area contributed by atoms with Gasteiger partial charge in [-0.2, -0.15) is 0 Å². The predicted octanol–water partition coefficient (Wildman–Crippen LogP) is 6.23. The highest BCUT2D eigenvalue weighted by molar-refractivity contribution is 9.10. The lowest BCUT2D eigenvalue weighted by molar-refractivity contribution is 1.17. The SMILES string of the molecule is Cc1ccc(Nc2nc(-c3c(C)nc4ccc(Cl)cn34)cs2)c(Br)c1. The van der Waals surface area contributed by atoms with E-state index < -0.39 is 0 Å². The molecule has 0 atom stereocenters. The number of nitrogens with zero attached hydrogens (tertiary/aromatic N) is 3. The largest absolute Gasteiger partial charge is 0.331 e. The van der Waals surface area contributed by atoms with Gasteiger partial charge in [0.05, 0.1) is 22.1 Å². The van der Waals surface area contributed by atoms with Crippen LogP contribution < -0.4 is 5.32 Å². The number of pyridine rings is 1. The number of aromatic nitrogens is 3. The molecule has 0 bridgehead atoms. The van der Waals surface area contributed by atoms with Crippen molar-refractivity contribution in [2.24, 2.45) is 0 Å². The lowest BCUT2D eigenvalue weighted by Crippen LogP contribution is -1.93. The third-order valence-corrected chi connectivity index (χ3v) is 5.51. The summed E-state index contributed by atoms with van der Waals surface area (Å²) in [6, 6.07) is 9.94. The molecular formula is C18H14BrClN4S. The molecule has 4 rings (SSSR count). The highest BCUT2D eigenvalue weighted by Gasteiger charge is 2.15. The van der Waals surface area contributed by atoms with Crippen LogP contribution in [-0.2, 0) is 0 Å². The van der Waals surface area contributed by atoms with Crippen molar-refractivity contribution < 1.29 is 0 Å². The summed E-state index contributed by atoms with van der Waals surface area (Å²) in [4.78, 5) is 9.32. The summed E-state index contributed by atoms with van der Waals surface area (Å²) in [7, 11) is 0. The number of halogens is 2. The van der Waals surface area contributed by atoms with Crippen molar-refractivity contribution in [3.8, 4) is 11.4 Å². The second kappa shape index (κ2) is 6.44. The number of anilines is 2. The van der Waals surface area contributed by atoms with Gasteiger partial charge in [-0.15, -0.1) is 11.3 Å². The third-order valence-electron chi connectivity index (χ3n) is 3.87. The summed E-state index contributed by atoms with van der Waals surface area (Å²) in [5.41, 5.74) is 5.82. The van der Waals surface area contributed by atoms with Crippen LogP contribution >= 0.6 is 38.9 Å². The molecule has 4 nitrogen and oxygen atoms in total. The molecule has 7 heteroatoms. The summed E-state index contributed by atoms with van der Waals surface area (Å²) < 4.78 is 3.00. The Kier molecular flexibility index (Phi) is 4.27. The minimum atomic E-state index is 0.670. The number of imidazole rings is 1. The Morgan fingerprint density at radius 2 is 2.00 bits per heavy atom. The van der Waals surface area contributed by atoms with E-state index in [1.165, 1.54) is 5.56 Å². The Bertz CT molecular complexity index is 1090. The Morgan fingerprint density at radius 1 is 1.16 bits per heavy atom. The fraction of sp³-hybridized carbons (Fsp3) is 0.111. The quantitative estimate of drug-likeness (QED) is 0.416. The minimum Gasteiger partial charge on any atom is -0.331 e. The van der Waals surface area contributed by atoms with E-state index in [-0.39, 0.29) is 0 Å². The number of benzene rings is 1. The molecule has 3 heterocycles. The topological polar surface area (TPSA) is 42.2 Å². The van der Waals surface area contributed by atoms with Gasteiger partial charge in [0.25, 0.3) is 0 Å². The number of fused-ring (bicyclic) bond motifs is 1. The summed E-state index contributed by atoms with van der Waals surface area (Å²) in [6.45, 7) is 4.05. The molecule has 1 aromatic carbocycles. The van der Waals surface area contributed by atoms with Crippen molar-refractivity contribution in [1.29, 1.82) is 0 Å². The molecule has 0 aliphatic heterocycles. The monoisotopic (exact) mass is 432 g/mol. The zero-order valence-electron chi connectivity index (χ0n) is 13.5. The molecule has 1 N–H and O–H groups in total. The number of nitrogens with one attached hydrogen (secondary N) is 1. The van der Waals surface area contributed by atoms with Crippen molar-refractivity contribution in [3.05, 3.63) is 62.7 Å². The van der Waals surface area contributed by atoms with E-state index in [2.05, 4.69) is 45.3 Å². The Labute approximate surface area is 162 Å². The molecule has 0 aliphatic rings. The fourth-order valence-corrected chi connectivity index (χ4v) is 4.18. The smallest absolute Gasteiger partial charge is 0.187 e. The molecule has 0 spiro atoms. The van der Waals surface area contributed by atoms with Gasteiger partial charge in [0.2, 0.25) is 0 Å². The summed E-state index contributed by atoms with van der Waals surface area (Å²) in [5, 5.41) is 6.89. The van der Waals surface area contributed by atoms with Gasteiger partial charge in [0.1, 0.15) is 11.3 Å². The highest BCUT2D eigenvalue weighted by Crippen LogP contribution is 2.32. The first kappa shape index (κ1) is 16.6. The van der Waals surface area contributed by atoms with Crippen molar-refractivity contribution >= 4 is 55.3 Å². The second-order valence-electron chi connectivity index (χ2n) is 5.77. The van der Waals surface area contributed by atoms with E-state index in [0.29, 0.717) is 5.02 Å². The average molecular weight is 434 g/mol. The molecule has 0 radical (unpaired) electrons. The maximum Gasteiger partial charge on any atom is 0.187 e. The lowest BCUT2D eigenvalue weighted by atomic mass is 10.2. The van der Waals surface area contributed by atoms with Crippen molar-refractivity contribution in [3.63, 3.8) is 0 Å². The van der Waals surface area contributed by atoms with Crippen LogP contribution in [0, 0.1) is 13.8 Å². The molecule has 0 aliphatic carbocycles. The van der Waals surface area contributed by atoms with Crippen molar-refractivity contribution in [2.75, 3.05) is 5.32 Å². The summed E-state index contributed by atoms with van der Waals surface area (Å²) in [6.07, 6.45) is 1.87. The zero-order valence-corrected chi connectivity index (χ0v) is 16.7. The van der Waals surface area contributed by atoms with E-state index in [4.69, 9.17) is 16.6 Å². The molecule has 126 valence electrons. The first-order valence-corrected chi connectivity index (χ1v) is 9.69. The average Bonchev–Trinajstić information content (AvgIpc) is 3.13. The van der Waals surface area contributed by atoms with Gasteiger partial charge in [-0.3, -0.25) is 4.40 Å². The molecule has 4 aromatic rings. The number of rotatable bonds is 3. The maximum absolute atomic E-state index is 6.15. The van der Waals surface area contributed by atoms with Gasteiger partial charge in [0.15, 0.2) is 5.13 Å². The molecule has 0 fully saturated rings. The van der Waals surface area contributed by atoms with Crippen LogP contribution in [-0.4, -0.2) is 14.4 Å². The van der Waals surface area contributed by atoms with E-state index in [1.807, 2.05) is 41.1 Å². The molecule has 25 heavy (non-hydrogen) atoms. The highest BCUT2D eigenvalue weighted by atomic mass is 79.9. The van der Waals surface area contributed by atoms with Crippen LogP contribution in [0.5, 0.6) is 0 Å². The van der Waals surface area contributed by atoms with Crippen LogP contribution in [0.1, 0.15) is 11.3 Å². The van der Waals surface area contributed by atoms with Gasteiger partial charge < -0.3 is 5.32 Å². The zero-order chi connectivity index (χ0) is 17.6. The summed E-state index contributed by atoms with van der Waals surface area (Å²) >= 11 is 11.3. The maximum atomic E-state index is 6.15. The fourth-order valence-electron chi connectivity index (χ4n) is 2.72. The van der Waals surface area contributed by atoms with Crippen LogP contribution in [0.4, 0.5) is 10.8 Å². The number of thiazole rings is 1. The molecule has 0 saturated carbocycles. The molecule has 0 amide bonds. The van der Waals surface area contributed by atoms with Gasteiger partial charge in [-0.05, 0) is 59.6 Å². The first-order chi connectivity index (χ1) is 12.0. The van der Waals surface area contributed by atoms with E-state index in [9.17, 15) is 0 Å². The number of hydrogen-bond acceptors (Lipinski definition) is 4. The van der Waals surface area contributed by atoms with E-state index >= 15 is 0 Å². The Morgan fingerprint density at radius 3 is 2.80 bits per heavy atom. The third kappa shape index (κ3) is 3.17. The molecule has 3 aromatic heterocycles. The lowest BCUT2D eigenvalue weighted by Gasteiger charge is -2.06. The minimum absolute atomic E-state index is 0.670. The van der Waals surface area contributed by atoms with Gasteiger partial charge in [-0.1, -0.05) is 17.7 Å². The van der Waals surface area contributed by atoms with E-state index in [0.717, 1.165) is 38.0 Å². The Hall–Kier alpha value is -1.89. The number of aryl methyl sites for hydroxylation is 2. The standard InChI is InChI=1S/C18H14BrClN4S/c1-10-3-5-14(13(19)7-10)22-18-23-15(9-25-18)17-11(2)21-16-6-4-12(20)8-24(16)17/h3-9H,1-2H3,(H,22,23). The van der Waals surface area contributed by atoms with Crippen molar-refractivity contribution in [1.82, 2.24) is 14.4 Å². The number of hydrogen-bond donors (Lipinski definition) is 1.